The number of hydrogen-bond acceptors (Lipinski definition) is 5. The number of ether oxygens (including phenoxy) is 1. The summed E-state index contributed by atoms with van der Waals surface area (Å²) in [6.45, 7) is 1.88. The highest BCUT2D eigenvalue weighted by Crippen LogP contribution is 2.23. The van der Waals surface area contributed by atoms with Gasteiger partial charge in [-0.05, 0) is 18.8 Å². The second kappa shape index (κ2) is 5.48. The first-order valence-electron chi connectivity index (χ1n) is 6.24. The number of anilines is 1. The number of aromatic nitrogens is 2. The van der Waals surface area contributed by atoms with Crippen molar-refractivity contribution < 1.29 is 13.2 Å². The second-order valence-electron chi connectivity index (χ2n) is 4.89. The van der Waals surface area contributed by atoms with Gasteiger partial charge < -0.3 is 15.0 Å². The van der Waals surface area contributed by atoms with Crippen molar-refractivity contribution in [2.24, 2.45) is 13.0 Å². The summed E-state index contributed by atoms with van der Waals surface area (Å²) in [5.41, 5.74) is 5.64. The topological polar surface area (TPSA) is 90.4 Å². The van der Waals surface area contributed by atoms with E-state index >= 15 is 0 Å². The van der Waals surface area contributed by atoms with Gasteiger partial charge in [0.1, 0.15) is 0 Å². The number of hydrogen-bond donors (Lipinski definition) is 1. The van der Waals surface area contributed by atoms with Crippen LogP contribution in [0.5, 0.6) is 0 Å². The van der Waals surface area contributed by atoms with Crippen LogP contribution in [0.15, 0.2) is 11.4 Å². The van der Waals surface area contributed by atoms with Crippen molar-refractivity contribution >= 4 is 15.8 Å². The fourth-order valence-electron chi connectivity index (χ4n) is 2.29. The summed E-state index contributed by atoms with van der Waals surface area (Å²) in [5.74, 6) is 0.379. The summed E-state index contributed by atoms with van der Waals surface area (Å²) >= 11 is 0. The third-order valence-electron chi connectivity index (χ3n) is 3.42. The van der Waals surface area contributed by atoms with Crippen LogP contribution in [0.1, 0.15) is 12.8 Å². The molecule has 1 aromatic rings. The highest BCUT2D eigenvalue weighted by Gasteiger charge is 2.29. The van der Waals surface area contributed by atoms with Crippen molar-refractivity contribution in [1.82, 2.24) is 13.9 Å². The maximum atomic E-state index is 12.5. The standard InChI is InChI=1S/C11H20N4O3S/c1-14-8-13-10(12)11(14)19(16,17)15(2)7-9-3-5-18-6-4-9/h8-9H,3-7,12H2,1-2H3. The second-order valence-corrected chi connectivity index (χ2v) is 6.85. The van der Waals surface area contributed by atoms with Crippen LogP contribution in [0.3, 0.4) is 0 Å². The van der Waals surface area contributed by atoms with Crippen LogP contribution < -0.4 is 5.73 Å². The molecule has 0 saturated carbocycles. The Balaban J connectivity index is 2.15. The monoisotopic (exact) mass is 288 g/mol. The zero-order valence-corrected chi connectivity index (χ0v) is 12.1. The normalized spacial score (nSPS) is 18.1. The summed E-state index contributed by atoms with van der Waals surface area (Å²) in [7, 11) is -0.384. The first-order valence-corrected chi connectivity index (χ1v) is 7.68. The molecule has 0 unspecified atom stereocenters. The summed E-state index contributed by atoms with van der Waals surface area (Å²) in [6, 6.07) is 0. The molecule has 0 amide bonds. The SMILES string of the molecule is CN(CC1CCOCC1)S(=O)(=O)c1c(N)ncn1C. The average molecular weight is 288 g/mol. The highest BCUT2D eigenvalue weighted by molar-refractivity contribution is 7.89. The number of imidazole rings is 1. The smallest absolute Gasteiger partial charge is 0.262 e. The lowest BCUT2D eigenvalue weighted by Crippen LogP contribution is -2.35. The van der Waals surface area contributed by atoms with Crippen LogP contribution in [0, 0.1) is 5.92 Å². The molecule has 7 nitrogen and oxygen atoms in total. The van der Waals surface area contributed by atoms with Crippen molar-refractivity contribution in [3.63, 3.8) is 0 Å². The van der Waals surface area contributed by atoms with Crippen LogP contribution >= 0.6 is 0 Å². The molecule has 0 atom stereocenters. The van der Waals surface area contributed by atoms with Gasteiger partial charge in [-0.3, -0.25) is 0 Å². The lowest BCUT2D eigenvalue weighted by molar-refractivity contribution is 0.0620. The Hall–Kier alpha value is -1.12. The van der Waals surface area contributed by atoms with Gasteiger partial charge in [0.25, 0.3) is 10.0 Å². The van der Waals surface area contributed by atoms with Gasteiger partial charge in [-0.2, -0.15) is 4.31 Å². The van der Waals surface area contributed by atoms with Crippen molar-refractivity contribution in [3.05, 3.63) is 6.33 Å². The quantitative estimate of drug-likeness (QED) is 0.845. The number of rotatable bonds is 4. The number of sulfonamides is 1. The van der Waals surface area contributed by atoms with Crippen molar-refractivity contribution in [2.75, 3.05) is 32.5 Å². The van der Waals surface area contributed by atoms with E-state index in [1.54, 1.807) is 14.1 Å². The van der Waals surface area contributed by atoms with Gasteiger partial charge in [0.2, 0.25) is 0 Å². The minimum atomic E-state index is -3.59. The molecular formula is C11H20N4O3S. The molecule has 108 valence electrons. The van der Waals surface area contributed by atoms with Crippen LogP contribution in [-0.4, -0.2) is 49.1 Å². The van der Waals surface area contributed by atoms with E-state index in [4.69, 9.17) is 10.5 Å². The predicted molar refractivity (Wildman–Crippen MR) is 71.0 cm³/mol. The van der Waals surface area contributed by atoms with Gasteiger partial charge >= 0.3 is 0 Å². The Labute approximate surface area is 113 Å². The Morgan fingerprint density at radius 1 is 1.53 bits per heavy atom. The van der Waals surface area contributed by atoms with Crippen LogP contribution in [0.4, 0.5) is 5.82 Å². The molecule has 1 aliphatic rings. The predicted octanol–water partition coefficient (Wildman–Crippen LogP) is 0.0494. The van der Waals surface area contributed by atoms with Crippen molar-refractivity contribution in [2.45, 2.75) is 17.9 Å². The molecule has 2 heterocycles. The molecule has 0 aliphatic carbocycles. The van der Waals surface area contributed by atoms with Gasteiger partial charge in [0.15, 0.2) is 10.8 Å². The summed E-state index contributed by atoms with van der Waals surface area (Å²) in [4.78, 5) is 3.83. The van der Waals surface area contributed by atoms with Crippen LogP contribution in [-0.2, 0) is 21.8 Å². The third-order valence-corrected chi connectivity index (χ3v) is 5.38. The third kappa shape index (κ3) is 2.90. The maximum absolute atomic E-state index is 12.5. The minimum absolute atomic E-state index is 0.0429. The fourth-order valence-corrected chi connectivity index (χ4v) is 3.72. The number of nitrogens with zero attached hydrogens (tertiary/aromatic N) is 3. The zero-order valence-electron chi connectivity index (χ0n) is 11.2. The molecule has 0 spiro atoms. The van der Waals surface area contributed by atoms with Gasteiger partial charge in [0.05, 0.1) is 6.33 Å². The molecular weight excluding hydrogens is 268 g/mol. The van der Waals surface area contributed by atoms with E-state index in [2.05, 4.69) is 4.98 Å². The maximum Gasteiger partial charge on any atom is 0.262 e. The van der Waals surface area contributed by atoms with E-state index in [1.807, 2.05) is 0 Å². The van der Waals surface area contributed by atoms with Crippen LogP contribution in [0.2, 0.25) is 0 Å². The summed E-state index contributed by atoms with van der Waals surface area (Å²) in [6.07, 6.45) is 3.19. The number of aryl methyl sites for hydroxylation is 1. The molecule has 0 bridgehead atoms. The lowest BCUT2D eigenvalue weighted by atomic mass is 10.0. The van der Waals surface area contributed by atoms with E-state index in [9.17, 15) is 8.42 Å². The molecule has 2 rings (SSSR count). The molecule has 0 radical (unpaired) electrons. The first kappa shape index (κ1) is 14.3. The van der Waals surface area contributed by atoms with Gasteiger partial charge in [-0.1, -0.05) is 0 Å². The van der Waals surface area contributed by atoms with E-state index in [0.717, 1.165) is 12.8 Å². The van der Waals surface area contributed by atoms with E-state index < -0.39 is 10.0 Å². The largest absolute Gasteiger partial charge is 0.381 e. The fraction of sp³-hybridized carbons (Fsp3) is 0.727. The molecule has 1 saturated heterocycles. The Bertz CT molecular complexity index is 515. The van der Waals surface area contributed by atoms with Crippen molar-refractivity contribution in [1.29, 1.82) is 0 Å². The van der Waals surface area contributed by atoms with E-state index in [0.29, 0.717) is 25.7 Å². The number of nitrogen functional groups attached to an aromatic ring is 1. The highest BCUT2D eigenvalue weighted by atomic mass is 32.2. The lowest BCUT2D eigenvalue weighted by Gasteiger charge is -2.26. The van der Waals surface area contributed by atoms with Crippen LogP contribution in [0.25, 0.3) is 0 Å². The summed E-state index contributed by atoms with van der Waals surface area (Å²) < 4.78 is 33.0. The Kier molecular flexibility index (Phi) is 4.12. The molecule has 1 aliphatic heterocycles. The minimum Gasteiger partial charge on any atom is -0.381 e. The number of nitrogens with two attached hydrogens (primary N) is 1. The van der Waals surface area contributed by atoms with E-state index in [-0.39, 0.29) is 10.8 Å². The van der Waals surface area contributed by atoms with Crippen molar-refractivity contribution in [3.8, 4) is 0 Å². The van der Waals surface area contributed by atoms with E-state index in [1.165, 1.54) is 15.2 Å². The molecule has 1 fully saturated rings. The van der Waals surface area contributed by atoms with Gasteiger partial charge in [-0.25, -0.2) is 13.4 Å². The molecule has 1 aromatic heterocycles. The van der Waals surface area contributed by atoms with Gasteiger partial charge in [0, 0.05) is 33.9 Å². The molecule has 19 heavy (non-hydrogen) atoms. The Morgan fingerprint density at radius 3 is 2.68 bits per heavy atom. The molecule has 8 heteroatoms. The van der Waals surface area contributed by atoms with Gasteiger partial charge in [-0.15, -0.1) is 0 Å². The Morgan fingerprint density at radius 2 is 2.16 bits per heavy atom. The molecule has 2 N–H and O–H groups in total. The first-order chi connectivity index (χ1) is 8.93. The zero-order chi connectivity index (χ0) is 14.0. The molecule has 0 aromatic carbocycles. The summed E-state index contributed by atoms with van der Waals surface area (Å²) in [5, 5.41) is 0.0575. The average Bonchev–Trinajstić information content (AvgIpc) is 2.70.